The smallest absolute Gasteiger partial charge is 0.127 e. The molecule has 0 bridgehead atoms. The highest BCUT2D eigenvalue weighted by atomic mass is 16.5. The first-order valence-corrected chi connectivity index (χ1v) is 7.98. The van der Waals surface area contributed by atoms with Crippen LogP contribution in [0.15, 0.2) is 18.2 Å². The van der Waals surface area contributed by atoms with E-state index in [2.05, 4.69) is 31.3 Å². The molecular formula is C17H27NO2. The summed E-state index contributed by atoms with van der Waals surface area (Å²) in [5.41, 5.74) is 1.26. The van der Waals surface area contributed by atoms with Crippen LogP contribution in [0.2, 0.25) is 0 Å². The molecule has 0 saturated heterocycles. The largest absolute Gasteiger partial charge is 0.493 e. The number of unbranched alkanes of at least 4 members (excludes halogenated alkanes) is 3. The third-order valence-corrected chi connectivity index (χ3v) is 3.67. The second-order valence-electron chi connectivity index (χ2n) is 5.43. The van der Waals surface area contributed by atoms with Gasteiger partial charge in [-0.3, -0.25) is 0 Å². The third kappa shape index (κ3) is 4.14. The van der Waals surface area contributed by atoms with Crippen LogP contribution in [0.4, 0.5) is 0 Å². The number of hydrogen-bond donors (Lipinski definition) is 1. The van der Waals surface area contributed by atoms with Gasteiger partial charge < -0.3 is 14.8 Å². The van der Waals surface area contributed by atoms with Gasteiger partial charge in [-0.1, -0.05) is 33.1 Å². The molecule has 0 amide bonds. The van der Waals surface area contributed by atoms with Crippen LogP contribution in [0.5, 0.6) is 11.5 Å². The molecule has 1 atom stereocenters. The molecule has 0 spiro atoms. The van der Waals surface area contributed by atoms with Crippen molar-refractivity contribution in [2.24, 2.45) is 0 Å². The van der Waals surface area contributed by atoms with Gasteiger partial charge in [0.05, 0.1) is 12.6 Å². The summed E-state index contributed by atoms with van der Waals surface area (Å²) >= 11 is 0. The van der Waals surface area contributed by atoms with Gasteiger partial charge in [-0.15, -0.1) is 0 Å². The zero-order chi connectivity index (χ0) is 14.2. The first kappa shape index (κ1) is 15.2. The van der Waals surface area contributed by atoms with Gasteiger partial charge >= 0.3 is 0 Å². The van der Waals surface area contributed by atoms with Crippen molar-refractivity contribution in [2.45, 2.75) is 52.0 Å². The van der Waals surface area contributed by atoms with Gasteiger partial charge in [-0.2, -0.15) is 0 Å². The average molecular weight is 277 g/mol. The molecule has 0 aromatic heterocycles. The van der Waals surface area contributed by atoms with E-state index in [1.807, 2.05) is 6.07 Å². The summed E-state index contributed by atoms with van der Waals surface area (Å²) < 4.78 is 11.5. The Labute approximate surface area is 122 Å². The number of hydrogen-bond acceptors (Lipinski definition) is 3. The highest BCUT2D eigenvalue weighted by Crippen LogP contribution is 2.35. The predicted octanol–water partition coefficient (Wildman–Crippen LogP) is 4.08. The molecule has 1 aromatic rings. The molecule has 0 aliphatic carbocycles. The van der Waals surface area contributed by atoms with Crippen LogP contribution in [0, 0.1) is 0 Å². The molecule has 0 saturated carbocycles. The van der Waals surface area contributed by atoms with Crippen molar-refractivity contribution in [1.82, 2.24) is 5.32 Å². The van der Waals surface area contributed by atoms with Crippen molar-refractivity contribution in [3.8, 4) is 11.5 Å². The Morgan fingerprint density at radius 1 is 1.20 bits per heavy atom. The van der Waals surface area contributed by atoms with Crippen LogP contribution in [-0.4, -0.2) is 19.8 Å². The molecule has 3 nitrogen and oxygen atoms in total. The number of fused-ring (bicyclic) bond motifs is 1. The van der Waals surface area contributed by atoms with E-state index in [0.717, 1.165) is 44.1 Å². The lowest BCUT2D eigenvalue weighted by molar-refractivity contribution is 0.297. The maximum Gasteiger partial charge on any atom is 0.127 e. The van der Waals surface area contributed by atoms with Gasteiger partial charge in [0.1, 0.15) is 18.1 Å². The minimum absolute atomic E-state index is 0.337. The lowest BCUT2D eigenvalue weighted by Crippen LogP contribution is -2.22. The molecule has 1 aliphatic heterocycles. The predicted molar refractivity (Wildman–Crippen MR) is 82.6 cm³/mol. The summed E-state index contributed by atoms with van der Waals surface area (Å²) in [6.07, 6.45) is 6.08. The maximum atomic E-state index is 5.79. The molecule has 3 heteroatoms. The first-order chi connectivity index (χ1) is 9.85. The lowest BCUT2D eigenvalue weighted by Gasteiger charge is -2.11. The van der Waals surface area contributed by atoms with Crippen molar-refractivity contribution in [3.05, 3.63) is 23.8 Å². The van der Waals surface area contributed by atoms with E-state index in [1.165, 1.54) is 24.8 Å². The van der Waals surface area contributed by atoms with Crippen LogP contribution in [0.25, 0.3) is 0 Å². The highest BCUT2D eigenvalue weighted by molar-refractivity contribution is 5.45. The molecule has 0 radical (unpaired) electrons. The van der Waals surface area contributed by atoms with E-state index in [4.69, 9.17) is 9.47 Å². The monoisotopic (exact) mass is 277 g/mol. The molecular weight excluding hydrogens is 250 g/mol. The maximum absolute atomic E-state index is 5.79. The summed E-state index contributed by atoms with van der Waals surface area (Å²) in [4.78, 5) is 0. The highest BCUT2D eigenvalue weighted by Gasteiger charge is 2.23. The van der Waals surface area contributed by atoms with E-state index in [0.29, 0.717) is 6.04 Å². The van der Waals surface area contributed by atoms with Gasteiger partial charge in [0.15, 0.2) is 0 Å². The minimum Gasteiger partial charge on any atom is -0.493 e. The Kier molecular flexibility index (Phi) is 6.19. The fourth-order valence-corrected chi connectivity index (χ4v) is 2.49. The summed E-state index contributed by atoms with van der Waals surface area (Å²) in [7, 11) is 0. The molecule has 1 N–H and O–H groups in total. The van der Waals surface area contributed by atoms with Crippen molar-refractivity contribution in [2.75, 3.05) is 19.8 Å². The quantitative estimate of drug-likeness (QED) is 0.690. The number of rotatable bonds is 9. The Morgan fingerprint density at radius 2 is 2.10 bits per heavy atom. The normalized spacial score (nSPS) is 16.8. The van der Waals surface area contributed by atoms with Gasteiger partial charge in [0.25, 0.3) is 0 Å². The van der Waals surface area contributed by atoms with Crippen LogP contribution in [0.1, 0.15) is 57.6 Å². The molecule has 1 heterocycles. The van der Waals surface area contributed by atoms with E-state index < -0.39 is 0 Å². The number of nitrogens with one attached hydrogen (secondary N) is 1. The SMILES string of the molecule is CCCCCCOc1ccc2c(c1)OCC2NCCC. The number of ether oxygens (including phenoxy) is 2. The second-order valence-corrected chi connectivity index (χ2v) is 5.43. The summed E-state index contributed by atoms with van der Waals surface area (Å²) in [6, 6.07) is 6.57. The molecule has 20 heavy (non-hydrogen) atoms. The minimum atomic E-state index is 0.337. The van der Waals surface area contributed by atoms with E-state index in [-0.39, 0.29) is 0 Å². The van der Waals surface area contributed by atoms with Crippen molar-refractivity contribution in [1.29, 1.82) is 0 Å². The third-order valence-electron chi connectivity index (χ3n) is 3.67. The Morgan fingerprint density at radius 3 is 2.90 bits per heavy atom. The molecule has 1 aliphatic rings. The Bertz CT molecular complexity index is 406. The zero-order valence-electron chi connectivity index (χ0n) is 12.8. The molecule has 2 rings (SSSR count). The second kappa shape index (κ2) is 8.15. The Hall–Kier alpha value is -1.22. The number of benzene rings is 1. The van der Waals surface area contributed by atoms with E-state index >= 15 is 0 Å². The summed E-state index contributed by atoms with van der Waals surface area (Å²) in [5, 5.41) is 3.51. The summed E-state index contributed by atoms with van der Waals surface area (Å²) in [6.45, 7) is 6.97. The fourth-order valence-electron chi connectivity index (χ4n) is 2.49. The fraction of sp³-hybridized carbons (Fsp3) is 0.647. The standard InChI is InChI=1S/C17H27NO2/c1-3-5-6-7-11-19-14-8-9-15-16(18-10-4-2)13-20-17(15)12-14/h8-9,12,16,18H,3-7,10-11,13H2,1-2H3. The first-order valence-electron chi connectivity index (χ1n) is 7.98. The lowest BCUT2D eigenvalue weighted by atomic mass is 10.1. The molecule has 1 aromatic carbocycles. The topological polar surface area (TPSA) is 30.5 Å². The van der Waals surface area contributed by atoms with E-state index in [1.54, 1.807) is 0 Å². The van der Waals surface area contributed by atoms with Gasteiger partial charge in [-0.25, -0.2) is 0 Å². The van der Waals surface area contributed by atoms with Crippen molar-refractivity contribution < 1.29 is 9.47 Å². The zero-order valence-corrected chi connectivity index (χ0v) is 12.8. The van der Waals surface area contributed by atoms with Crippen LogP contribution >= 0.6 is 0 Å². The van der Waals surface area contributed by atoms with Crippen LogP contribution in [-0.2, 0) is 0 Å². The summed E-state index contributed by atoms with van der Waals surface area (Å²) in [5.74, 6) is 1.90. The van der Waals surface area contributed by atoms with Crippen LogP contribution < -0.4 is 14.8 Å². The van der Waals surface area contributed by atoms with Crippen molar-refractivity contribution >= 4 is 0 Å². The van der Waals surface area contributed by atoms with E-state index in [9.17, 15) is 0 Å². The molecule has 1 unspecified atom stereocenters. The van der Waals surface area contributed by atoms with Gasteiger partial charge in [0.2, 0.25) is 0 Å². The van der Waals surface area contributed by atoms with Crippen molar-refractivity contribution in [3.63, 3.8) is 0 Å². The van der Waals surface area contributed by atoms with Gasteiger partial charge in [-0.05, 0) is 31.5 Å². The average Bonchev–Trinajstić information content (AvgIpc) is 2.87. The van der Waals surface area contributed by atoms with Gasteiger partial charge in [0, 0.05) is 11.6 Å². The molecule has 0 fully saturated rings. The Balaban J connectivity index is 1.83. The van der Waals surface area contributed by atoms with Crippen LogP contribution in [0.3, 0.4) is 0 Å². The molecule has 112 valence electrons.